The lowest BCUT2D eigenvalue weighted by molar-refractivity contribution is -0.128. The average Bonchev–Trinajstić information content (AvgIpc) is 3.23. The van der Waals surface area contributed by atoms with Crippen LogP contribution < -0.4 is 0 Å². The summed E-state index contributed by atoms with van der Waals surface area (Å²) in [5.41, 5.74) is 1.97. The summed E-state index contributed by atoms with van der Waals surface area (Å²) in [6.45, 7) is 6.52. The largest absolute Gasteiger partial charge is 0.338 e. The Morgan fingerprint density at radius 3 is 2.50 bits per heavy atom. The monoisotopic (exact) mass is 481 g/mol. The number of halogens is 1. The van der Waals surface area contributed by atoms with Crippen LogP contribution in [0.1, 0.15) is 43.1 Å². The number of nitrogens with zero attached hydrogens (tertiary/aromatic N) is 5. The quantitative estimate of drug-likeness (QED) is 0.397. The van der Waals surface area contributed by atoms with Gasteiger partial charge in [0.1, 0.15) is 11.6 Å². The number of carbonyl (C=O) groups is 1. The Balaban J connectivity index is 1.45. The molecule has 0 unspecified atom stereocenters. The van der Waals surface area contributed by atoms with Gasteiger partial charge in [-0.05, 0) is 56.1 Å². The van der Waals surface area contributed by atoms with Gasteiger partial charge in [-0.3, -0.25) is 9.69 Å². The first-order chi connectivity index (χ1) is 16.6. The fourth-order valence-electron chi connectivity index (χ4n) is 4.23. The highest BCUT2D eigenvalue weighted by Gasteiger charge is 2.20. The van der Waals surface area contributed by atoms with Crippen molar-refractivity contribution in [3.05, 3.63) is 77.4 Å². The molecular weight excluding hydrogens is 449 g/mol. The van der Waals surface area contributed by atoms with Crippen molar-refractivity contribution in [3.63, 3.8) is 0 Å². The smallest absolute Gasteiger partial charge is 0.233 e. The van der Waals surface area contributed by atoms with Crippen LogP contribution >= 0.6 is 11.8 Å². The molecule has 3 aromatic rings. The van der Waals surface area contributed by atoms with E-state index in [4.69, 9.17) is 0 Å². The Morgan fingerprint density at radius 2 is 1.76 bits per heavy atom. The van der Waals surface area contributed by atoms with Gasteiger partial charge >= 0.3 is 0 Å². The number of thioether (sulfide) groups is 1. The molecule has 2 aromatic carbocycles. The Kier molecular flexibility index (Phi) is 8.71. The Bertz CT molecular complexity index is 1070. The highest BCUT2D eigenvalue weighted by Crippen LogP contribution is 2.22. The summed E-state index contributed by atoms with van der Waals surface area (Å²) in [4.78, 5) is 17.2. The van der Waals surface area contributed by atoms with Crippen LogP contribution in [0.3, 0.4) is 0 Å². The van der Waals surface area contributed by atoms with Gasteiger partial charge in [0.2, 0.25) is 5.91 Å². The third-order valence-corrected chi connectivity index (χ3v) is 7.06. The van der Waals surface area contributed by atoms with Crippen molar-refractivity contribution in [1.82, 2.24) is 24.6 Å². The molecule has 0 bridgehead atoms. The molecule has 1 fully saturated rings. The van der Waals surface area contributed by atoms with Crippen molar-refractivity contribution in [2.24, 2.45) is 0 Å². The van der Waals surface area contributed by atoms with Crippen LogP contribution in [0.15, 0.2) is 59.8 Å². The van der Waals surface area contributed by atoms with Gasteiger partial charge in [0.05, 0.1) is 18.8 Å². The van der Waals surface area contributed by atoms with E-state index in [1.165, 1.54) is 48.7 Å². The number of hydrogen-bond donors (Lipinski definition) is 0. The molecule has 2 heterocycles. The van der Waals surface area contributed by atoms with E-state index in [9.17, 15) is 9.18 Å². The summed E-state index contributed by atoms with van der Waals surface area (Å²) in [5.74, 6) is 0.918. The van der Waals surface area contributed by atoms with Crippen molar-refractivity contribution in [2.75, 3.05) is 25.4 Å². The molecule has 4 rings (SSSR count). The second-order valence-electron chi connectivity index (χ2n) is 8.63. The van der Waals surface area contributed by atoms with E-state index in [-0.39, 0.29) is 17.5 Å². The minimum atomic E-state index is -0.286. The average molecular weight is 482 g/mol. The predicted molar refractivity (Wildman–Crippen MR) is 133 cm³/mol. The van der Waals surface area contributed by atoms with Crippen molar-refractivity contribution < 1.29 is 9.18 Å². The molecule has 0 aliphatic carbocycles. The van der Waals surface area contributed by atoms with Crippen LogP contribution in [0.5, 0.6) is 0 Å². The Morgan fingerprint density at radius 1 is 1.00 bits per heavy atom. The molecule has 1 aromatic heterocycles. The molecule has 0 spiro atoms. The molecule has 1 amide bonds. The Labute approximate surface area is 205 Å². The first-order valence-corrected chi connectivity index (χ1v) is 12.9. The van der Waals surface area contributed by atoms with E-state index in [1.54, 1.807) is 11.0 Å². The van der Waals surface area contributed by atoms with Crippen LogP contribution in [0, 0.1) is 5.82 Å². The lowest BCUT2D eigenvalue weighted by Crippen LogP contribution is -2.32. The van der Waals surface area contributed by atoms with E-state index in [1.807, 2.05) is 31.2 Å². The molecule has 6 nitrogen and oxygen atoms in total. The number of carbonyl (C=O) groups excluding carboxylic acids is 1. The molecule has 0 radical (unpaired) electrons. The molecule has 8 heteroatoms. The fourth-order valence-corrected chi connectivity index (χ4v) is 5.09. The molecule has 34 heavy (non-hydrogen) atoms. The second-order valence-corrected chi connectivity index (χ2v) is 9.58. The molecule has 0 N–H and O–H groups in total. The van der Waals surface area contributed by atoms with Gasteiger partial charge in [-0.1, -0.05) is 60.6 Å². The molecule has 0 saturated carbocycles. The van der Waals surface area contributed by atoms with E-state index in [0.717, 1.165) is 36.2 Å². The Hall–Kier alpha value is -2.71. The SMILES string of the molecule is CCN(Cc1cccc(F)c1)C(=O)CSc1nnc(CN2CCCCC2)n1Cc1ccccc1. The predicted octanol–water partition coefficient (Wildman–Crippen LogP) is 4.59. The number of benzene rings is 2. The van der Waals surface area contributed by atoms with Gasteiger partial charge < -0.3 is 9.47 Å². The van der Waals surface area contributed by atoms with Crippen molar-refractivity contribution in [3.8, 4) is 0 Å². The first kappa shape index (κ1) is 24.4. The van der Waals surface area contributed by atoms with E-state index < -0.39 is 0 Å². The maximum absolute atomic E-state index is 13.6. The third kappa shape index (κ3) is 6.67. The van der Waals surface area contributed by atoms with Gasteiger partial charge in [0, 0.05) is 13.1 Å². The lowest BCUT2D eigenvalue weighted by atomic mass is 10.1. The standard InChI is InChI=1S/C26H32FN5OS/c1-2-31(17-22-12-9-13-23(27)16-22)25(33)20-34-26-29-28-24(19-30-14-7-4-8-15-30)32(26)18-21-10-5-3-6-11-21/h3,5-6,9-13,16H,2,4,7-8,14-15,17-20H2,1H3. The number of piperidine rings is 1. The van der Waals surface area contributed by atoms with Crippen molar-refractivity contribution in [1.29, 1.82) is 0 Å². The molecular formula is C26H32FN5OS. The minimum absolute atomic E-state index is 0.00334. The number of amides is 1. The zero-order valence-corrected chi connectivity index (χ0v) is 20.5. The van der Waals surface area contributed by atoms with Crippen molar-refractivity contribution >= 4 is 17.7 Å². The normalized spacial score (nSPS) is 14.3. The van der Waals surface area contributed by atoms with Crippen LogP contribution in [0.25, 0.3) is 0 Å². The van der Waals surface area contributed by atoms with Gasteiger partial charge in [-0.25, -0.2) is 4.39 Å². The highest BCUT2D eigenvalue weighted by molar-refractivity contribution is 7.99. The topological polar surface area (TPSA) is 54.3 Å². The van der Waals surface area contributed by atoms with Crippen LogP contribution in [0.2, 0.25) is 0 Å². The third-order valence-electron chi connectivity index (χ3n) is 6.11. The maximum atomic E-state index is 13.6. The van der Waals surface area contributed by atoms with E-state index in [2.05, 4.69) is 31.8 Å². The molecule has 1 aliphatic heterocycles. The zero-order valence-electron chi connectivity index (χ0n) is 19.7. The number of rotatable bonds is 10. The van der Waals surface area contributed by atoms with Gasteiger partial charge in [0.15, 0.2) is 5.16 Å². The number of hydrogen-bond acceptors (Lipinski definition) is 5. The summed E-state index contributed by atoms with van der Waals surface area (Å²) in [5, 5.41) is 9.73. The van der Waals surface area contributed by atoms with Crippen LogP contribution in [-0.4, -0.2) is 55.9 Å². The number of aromatic nitrogens is 3. The van der Waals surface area contributed by atoms with Gasteiger partial charge in [-0.2, -0.15) is 0 Å². The second kappa shape index (κ2) is 12.1. The van der Waals surface area contributed by atoms with E-state index in [0.29, 0.717) is 19.6 Å². The summed E-state index contributed by atoms with van der Waals surface area (Å²) in [7, 11) is 0. The summed E-state index contributed by atoms with van der Waals surface area (Å²) >= 11 is 1.42. The van der Waals surface area contributed by atoms with Gasteiger partial charge in [0.25, 0.3) is 0 Å². The number of likely N-dealkylation sites (tertiary alicyclic amines) is 1. The van der Waals surface area contributed by atoms with Crippen LogP contribution in [0.4, 0.5) is 4.39 Å². The van der Waals surface area contributed by atoms with Gasteiger partial charge in [-0.15, -0.1) is 10.2 Å². The lowest BCUT2D eigenvalue weighted by Gasteiger charge is -2.26. The van der Waals surface area contributed by atoms with E-state index >= 15 is 0 Å². The first-order valence-electron chi connectivity index (χ1n) is 12.0. The molecule has 1 aliphatic rings. The highest BCUT2D eigenvalue weighted by atomic mass is 32.2. The minimum Gasteiger partial charge on any atom is -0.338 e. The zero-order chi connectivity index (χ0) is 23.8. The van der Waals surface area contributed by atoms with Crippen LogP contribution in [-0.2, 0) is 24.4 Å². The summed E-state index contributed by atoms with van der Waals surface area (Å²) < 4.78 is 15.7. The maximum Gasteiger partial charge on any atom is 0.233 e. The fraction of sp³-hybridized carbons (Fsp3) is 0.423. The molecule has 0 atom stereocenters. The van der Waals surface area contributed by atoms with Crippen molar-refractivity contribution in [2.45, 2.75) is 51.0 Å². The summed E-state index contributed by atoms with van der Waals surface area (Å²) in [6, 6.07) is 16.7. The summed E-state index contributed by atoms with van der Waals surface area (Å²) in [6.07, 6.45) is 3.74. The molecule has 180 valence electrons. The molecule has 1 saturated heterocycles.